The summed E-state index contributed by atoms with van der Waals surface area (Å²) in [5, 5.41) is 5.31. The molecule has 2 aromatic heterocycles. The molecule has 0 amide bonds. The van der Waals surface area contributed by atoms with Crippen LogP contribution in [0, 0.1) is 94.7 Å². The Bertz CT molecular complexity index is 3350. The lowest BCUT2D eigenvalue weighted by Crippen LogP contribution is -2.35. The van der Waals surface area contributed by atoms with Crippen molar-refractivity contribution in [3.63, 3.8) is 0 Å². The molecule has 76 heavy (non-hydrogen) atoms. The van der Waals surface area contributed by atoms with E-state index in [-0.39, 0.29) is 82.9 Å². The molecule has 7 aromatic rings. The maximum absolute atomic E-state index is 15.0. The number of Topliss-reactive ketones (excluding diaryl/α,β-unsaturated/α-hetero) is 4. The molecule has 18 atom stereocenters. The molecule has 386 valence electrons. The topological polar surface area (TPSA) is 78.1 Å². The summed E-state index contributed by atoms with van der Waals surface area (Å²) < 4.78 is 5.26. The molecule has 18 unspecified atom stereocenters. The second kappa shape index (κ2) is 16.9. The van der Waals surface area contributed by atoms with Crippen molar-refractivity contribution in [3.8, 4) is 11.4 Å². The van der Waals surface area contributed by atoms with Gasteiger partial charge in [0.05, 0.1) is 22.1 Å². The molecule has 2 heterocycles. The van der Waals surface area contributed by atoms with Gasteiger partial charge in [-0.15, -0.1) is 0 Å². The number of ketones is 4. The lowest BCUT2D eigenvalue weighted by Gasteiger charge is -2.41. The minimum absolute atomic E-state index is 0.0880. The highest BCUT2D eigenvalue weighted by Gasteiger charge is 2.63. The zero-order valence-corrected chi connectivity index (χ0v) is 44.0. The summed E-state index contributed by atoms with van der Waals surface area (Å²) in [5.74, 6) is 6.67. The minimum atomic E-state index is 0.0880. The van der Waals surface area contributed by atoms with Gasteiger partial charge in [0.2, 0.25) is 0 Å². The van der Waals surface area contributed by atoms with Crippen LogP contribution in [0.3, 0.4) is 0 Å². The number of hydrogen-bond acceptors (Lipinski definition) is 4. The van der Waals surface area contributed by atoms with E-state index in [0.29, 0.717) is 46.8 Å². The first-order chi connectivity index (χ1) is 37.4. The molecule has 5 aromatic carbocycles. The largest absolute Gasteiger partial charge is 0.309 e. The van der Waals surface area contributed by atoms with Crippen LogP contribution in [0.25, 0.3) is 55.0 Å². The molecule has 0 bridgehead atoms. The Morgan fingerprint density at radius 2 is 0.632 bits per heavy atom. The average Bonchev–Trinajstić information content (AvgIpc) is 4.47. The number of hydrogen-bond donors (Lipinski definition) is 0. The number of rotatable bonds is 4. The fraction of sp³-hybridized carbons (Fsp3) is 0.514. The highest BCUT2D eigenvalue weighted by atomic mass is 16.1. The summed E-state index contributed by atoms with van der Waals surface area (Å²) in [6.45, 7) is 0. The quantitative estimate of drug-likeness (QED) is 0.176. The van der Waals surface area contributed by atoms with Gasteiger partial charge in [0.25, 0.3) is 0 Å². The van der Waals surface area contributed by atoms with Gasteiger partial charge >= 0.3 is 0 Å². The minimum Gasteiger partial charge on any atom is -0.309 e. The Hall–Kier alpha value is -5.62. The van der Waals surface area contributed by atoms with E-state index < -0.39 is 0 Å². The second-order valence-electron chi connectivity index (χ2n) is 27.0. The molecule has 6 nitrogen and oxygen atoms in total. The Labute approximate surface area is 446 Å². The number of aromatic nitrogens is 2. The van der Waals surface area contributed by atoms with Gasteiger partial charge in [-0.3, -0.25) is 19.2 Å². The van der Waals surface area contributed by atoms with E-state index in [1.165, 1.54) is 105 Å². The first-order valence-electron chi connectivity index (χ1n) is 30.7. The van der Waals surface area contributed by atoms with E-state index in [9.17, 15) is 19.2 Å². The predicted molar refractivity (Wildman–Crippen MR) is 300 cm³/mol. The first kappa shape index (κ1) is 45.4. The molecule has 0 radical (unpaired) electrons. The molecule has 0 spiro atoms. The van der Waals surface area contributed by atoms with Crippen LogP contribution in [0.2, 0.25) is 0 Å². The van der Waals surface area contributed by atoms with Gasteiger partial charge in [-0.05, 0) is 197 Å². The fourth-order valence-electron chi connectivity index (χ4n) is 21.7. The first-order valence-corrected chi connectivity index (χ1v) is 30.7. The van der Waals surface area contributed by atoms with Crippen molar-refractivity contribution >= 4 is 66.7 Å². The van der Waals surface area contributed by atoms with Crippen LogP contribution in [0.5, 0.6) is 0 Å². The van der Waals surface area contributed by atoms with Crippen molar-refractivity contribution in [1.82, 2.24) is 9.13 Å². The summed E-state index contributed by atoms with van der Waals surface area (Å²) in [6, 6.07) is 40.6. The van der Waals surface area contributed by atoms with Crippen molar-refractivity contribution in [2.45, 2.75) is 127 Å². The van der Waals surface area contributed by atoms with E-state index in [1.807, 2.05) is 0 Å². The van der Waals surface area contributed by atoms with Crippen molar-refractivity contribution in [2.24, 2.45) is 94.7 Å². The fourth-order valence-corrected chi connectivity index (χ4v) is 21.7. The highest BCUT2D eigenvalue weighted by Crippen LogP contribution is 2.66. The zero-order valence-electron chi connectivity index (χ0n) is 44.0. The van der Waals surface area contributed by atoms with E-state index >= 15 is 0 Å². The molecule has 17 rings (SSSR count). The summed E-state index contributed by atoms with van der Waals surface area (Å²) in [5.41, 5.74) is 10.3. The van der Waals surface area contributed by atoms with Gasteiger partial charge in [0.1, 0.15) is 23.1 Å². The summed E-state index contributed by atoms with van der Waals surface area (Å²) in [4.78, 5) is 58.7. The Morgan fingerprint density at radius 3 is 1.04 bits per heavy atom. The van der Waals surface area contributed by atoms with E-state index in [0.717, 1.165) is 77.0 Å². The SMILES string of the molecule is O=C1C2CCCCC2C2CC3C(=O)C4CCC(c5c6c7ccccc7n(-c7ccccc7)c6c(C6CCC7C(=O)C8CC9C(CC8C7C6)C(=O)C6CCCCC69)c6c7ccccc7n(-c7ccccc7)c56)CC4C3CC12. The summed E-state index contributed by atoms with van der Waals surface area (Å²) >= 11 is 0. The summed E-state index contributed by atoms with van der Waals surface area (Å²) in [6.07, 6.45) is 18.8. The normalized spacial score (nSPS) is 38.5. The molecule has 10 saturated carbocycles. The maximum Gasteiger partial charge on any atom is 0.139 e. The van der Waals surface area contributed by atoms with Gasteiger partial charge < -0.3 is 9.13 Å². The van der Waals surface area contributed by atoms with Crippen molar-refractivity contribution in [3.05, 3.63) is 120 Å². The van der Waals surface area contributed by atoms with E-state index in [1.54, 1.807) is 0 Å². The Balaban J connectivity index is 0.877. The smallest absolute Gasteiger partial charge is 0.139 e. The van der Waals surface area contributed by atoms with Crippen LogP contribution in [-0.2, 0) is 19.2 Å². The molecule has 0 saturated heterocycles. The Morgan fingerprint density at radius 1 is 0.303 bits per heavy atom. The van der Waals surface area contributed by atoms with E-state index in [4.69, 9.17) is 0 Å². The van der Waals surface area contributed by atoms with Crippen LogP contribution in [0.15, 0.2) is 109 Å². The number of carbonyl (C=O) groups is 4. The van der Waals surface area contributed by atoms with E-state index in [2.05, 4.69) is 118 Å². The number of para-hydroxylation sites is 4. The lowest BCUT2D eigenvalue weighted by atomic mass is 9.63. The second-order valence-corrected chi connectivity index (χ2v) is 27.0. The monoisotopic (exact) mass is 1000 g/mol. The molecule has 0 N–H and O–H groups in total. The zero-order chi connectivity index (χ0) is 50.2. The lowest BCUT2D eigenvalue weighted by molar-refractivity contribution is -0.129. The highest BCUT2D eigenvalue weighted by molar-refractivity contribution is 6.24. The molecule has 10 aliphatic carbocycles. The van der Waals surface area contributed by atoms with Gasteiger partial charge in [0.15, 0.2) is 0 Å². The maximum atomic E-state index is 15.0. The summed E-state index contributed by atoms with van der Waals surface area (Å²) in [7, 11) is 0. The third kappa shape index (κ3) is 6.17. The van der Waals surface area contributed by atoms with Gasteiger partial charge in [0, 0.05) is 80.3 Å². The average molecular weight is 1010 g/mol. The molecule has 6 heteroatoms. The van der Waals surface area contributed by atoms with Crippen LogP contribution >= 0.6 is 0 Å². The molecule has 10 aliphatic rings. The van der Waals surface area contributed by atoms with Gasteiger partial charge in [-0.1, -0.05) is 98.5 Å². The molecular formula is C70H72N2O4. The predicted octanol–water partition coefficient (Wildman–Crippen LogP) is 15.3. The van der Waals surface area contributed by atoms with Crippen LogP contribution < -0.4 is 0 Å². The van der Waals surface area contributed by atoms with Crippen molar-refractivity contribution in [1.29, 1.82) is 0 Å². The molecular weight excluding hydrogens is 933 g/mol. The van der Waals surface area contributed by atoms with Crippen LogP contribution in [0.4, 0.5) is 0 Å². The standard InChI is InChI=1S/C70H72N2O4/c73-67-43-21-9-7-19-41(43)51-33-57-53(35-55(51)67)49-31-37(27-29-45(49)69(57)75)61-64-48-24-12-14-26-60(48)72(40-17-5-2-6-18-40)66(64)62(63-47-23-11-13-25-59(47)71(65(61)63)39-15-3-1-4-16-39)38-28-30-46-50(32-38)54-36-56-52(34-58(54)70(46)76)42-20-8-10-22-44(42)68(56)74/h1-6,11-18,23-26,37-38,41-46,49-58H,7-10,19-22,27-36H2. The number of nitrogens with zero attached hydrogens (tertiary/aromatic N) is 2. The van der Waals surface area contributed by atoms with Crippen LogP contribution in [0.1, 0.15) is 139 Å². The third-order valence-corrected chi connectivity index (χ3v) is 24.4. The van der Waals surface area contributed by atoms with Crippen molar-refractivity contribution in [2.75, 3.05) is 0 Å². The van der Waals surface area contributed by atoms with Crippen molar-refractivity contribution < 1.29 is 19.2 Å². The van der Waals surface area contributed by atoms with Gasteiger partial charge in [-0.25, -0.2) is 0 Å². The van der Waals surface area contributed by atoms with Crippen LogP contribution in [-0.4, -0.2) is 32.3 Å². The van der Waals surface area contributed by atoms with Gasteiger partial charge in [-0.2, -0.15) is 0 Å². The number of benzene rings is 5. The Kier molecular flexibility index (Phi) is 10.1. The molecule has 10 fully saturated rings. The number of fused-ring (bicyclic) bond motifs is 18. The number of carbonyl (C=O) groups excluding carboxylic acids is 4. The molecule has 0 aliphatic heterocycles. The third-order valence-electron chi connectivity index (χ3n) is 24.4.